The van der Waals surface area contributed by atoms with Gasteiger partial charge in [0.05, 0.1) is 5.92 Å². The number of imide groups is 1. The molecule has 0 bridgehead atoms. The van der Waals surface area contributed by atoms with E-state index in [1.807, 2.05) is 4.90 Å². The highest BCUT2D eigenvalue weighted by molar-refractivity contribution is 6.32. The van der Waals surface area contributed by atoms with E-state index in [2.05, 4.69) is 5.32 Å². The Bertz CT molecular complexity index is 838. The second-order valence-corrected chi connectivity index (χ2v) is 9.57. The number of nitrogens with one attached hydrogen (secondary N) is 1. The third kappa shape index (κ3) is 4.26. The van der Waals surface area contributed by atoms with E-state index in [0.717, 1.165) is 51.6 Å². The van der Waals surface area contributed by atoms with Gasteiger partial charge in [-0.1, -0.05) is 11.6 Å². The molecule has 1 aromatic carbocycles. The normalized spacial score (nSPS) is 24.7. The number of benzene rings is 1. The average molecular weight is 433 g/mol. The summed E-state index contributed by atoms with van der Waals surface area (Å²) in [7, 11) is 0. The van der Waals surface area contributed by atoms with E-state index in [0.29, 0.717) is 33.9 Å². The molecule has 3 aliphatic rings. The predicted molar refractivity (Wildman–Crippen MR) is 113 cm³/mol. The van der Waals surface area contributed by atoms with Crippen molar-refractivity contribution in [3.8, 4) is 0 Å². The van der Waals surface area contributed by atoms with Gasteiger partial charge in [-0.05, 0) is 80.0 Å². The lowest BCUT2D eigenvalue weighted by atomic mass is 9.65. The van der Waals surface area contributed by atoms with Gasteiger partial charge in [-0.25, -0.2) is 0 Å². The number of hydrogen-bond acceptors (Lipinski definition) is 4. The maximum Gasteiger partial charge on any atom is 0.253 e. The van der Waals surface area contributed by atoms with Gasteiger partial charge in [0.1, 0.15) is 0 Å². The molecule has 1 aliphatic carbocycles. The van der Waals surface area contributed by atoms with E-state index < -0.39 is 5.92 Å². The van der Waals surface area contributed by atoms with E-state index in [1.54, 1.807) is 18.2 Å². The third-order valence-corrected chi connectivity index (χ3v) is 7.74. The highest BCUT2D eigenvalue weighted by Crippen LogP contribution is 2.46. The number of carbonyl (C=O) groups is 3. The molecule has 1 unspecified atom stereocenters. The largest absolute Gasteiger partial charge is 0.396 e. The van der Waals surface area contributed by atoms with Crippen molar-refractivity contribution in [2.24, 2.45) is 11.3 Å². The molecule has 1 atom stereocenters. The number of aliphatic hydroxyl groups excluding tert-OH is 1. The summed E-state index contributed by atoms with van der Waals surface area (Å²) >= 11 is 6.34. The highest BCUT2D eigenvalue weighted by atomic mass is 35.5. The van der Waals surface area contributed by atoms with Crippen LogP contribution in [-0.2, 0) is 9.59 Å². The number of nitrogens with zero attached hydrogens (tertiary/aromatic N) is 1. The maximum atomic E-state index is 13.1. The molecule has 3 amide bonds. The Morgan fingerprint density at radius 2 is 1.83 bits per heavy atom. The molecule has 2 heterocycles. The van der Waals surface area contributed by atoms with Crippen LogP contribution in [-0.4, -0.2) is 47.4 Å². The molecule has 0 radical (unpaired) electrons. The molecule has 2 N–H and O–H groups in total. The van der Waals surface area contributed by atoms with Crippen molar-refractivity contribution in [2.75, 3.05) is 19.7 Å². The van der Waals surface area contributed by atoms with Crippen LogP contribution >= 0.6 is 11.6 Å². The second-order valence-electron chi connectivity index (χ2n) is 9.16. The van der Waals surface area contributed by atoms with Crippen LogP contribution in [0.2, 0.25) is 5.02 Å². The standard InChI is InChI=1S/C23H29ClN2O4/c24-19-3-1-16(13-18(19)17-2-4-20(28)25-21(17)29)22(30)26-11-9-23(10-12-26)7-5-15(14-27)6-8-23/h1,3,13,15,17,27H,2,4-12,14H2,(H,25,28,29). The number of likely N-dealkylation sites (tertiary alicyclic amines) is 1. The molecule has 6 nitrogen and oxygen atoms in total. The van der Waals surface area contributed by atoms with Crippen molar-refractivity contribution < 1.29 is 19.5 Å². The summed E-state index contributed by atoms with van der Waals surface area (Å²) in [5.74, 6) is -0.713. The third-order valence-electron chi connectivity index (χ3n) is 7.39. The van der Waals surface area contributed by atoms with Crippen molar-refractivity contribution in [2.45, 2.75) is 57.3 Å². The number of aliphatic hydroxyl groups is 1. The summed E-state index contributed by atoms with van der Waals surface area (Å²) < 4.78 is 0. The number of carbonyl (C=O) groups excluding carboxylic acids is 3. The number of amides is 3. The molecule has 1 aromatic rings. The Labute approximate surface area is 182 Å². The van der Waals surface area contributed by atoms with Crippen molar-refractivity contribution in [3.05, 3.63) is 34.3 Å². The maximum absolute atomic E-state index is 13.1. The Morgan fingerprint density at radius 3 is 2.47 bits per heavy atom. The van der Waals surface area contributed by atoms with Gasteiger partial charge in [0, 0.05) is 36.7 Å². The van der Waals surface area contributed by atoms with Gasteiger partial charge < -0.3 is 10.0 Å². The van der Waals surface area contributed by atoms with E-state index in [4.69, 9.17) is 11.6 Å². The van der Waals surface area contributed by atoms with Gasteiger partial charge in [-0.3, -0.25) is 19.7 Å². The van der Waals surface area contributed by atoms with Gasteiger partial charge >= 0.3 is 0 Å². The number of piperidine rings is 2. The first kappa shape index (κ1) is 21.3. The zero-order chi connectivity index (χ0) is 21.3. The van der Waals surface area contributed by atoms with Crippen LogP contribution in [0.25, 0.3) is 0 Å². The fraction of sp³-hybridized carbons (Fsp3) is 0.609. The summed E-state index contributed by atoms with van der Waals surface area (Å²) in [5.41, 5.74) is 1.47. The molecule has 2 saturated heterocycles. The lowest BCUT2D eigenvalue weighted by Gasteiger charge is -2.45. The summed E-state index contributed by atoms with van der Waals surface area (Å²) in [4.78, 5) is 38.7. The van der Waals surface area contributed by atoms with E-state index >= 15 is 0 Å². The molecule has 7 heteroatoms. The molecular formula is C23H29ClN2O4. The number of hydrogen-bond donors (Lipinski definition) is 2. The lowest BCUT2D eigenvalue weighted by molar-refractivity contribution is -0.134. The monoisotopic (exact) mass is 432 g/mol. The minimum Gasteiger partial charge on any atom is -0.396 e. The van der Waals surface area contributed by atoms with Crippen LogP contribution in [0.5, 0.6) is 0 Å². The van der Waals surface area contributed by atoms with Crippen LogP contribution < -0.4 is 5.32 Å². The molecular weight excluding hydrogens is 404 g/mol. The van der Waals surface area contributed by atoms with Crippen LogP contribution in [0, 0.1) is 11.3 Å². The van der Waals surface area contributed by atoms with Crippen LogP contribution in [0.1, 0.15) is 73.2 Å². The first-order chi connectivity index (χ1) is 14.4. The molecule has 2 aliphatic heterocycles. The van der Waals surface area contributed by atoms with Crippen LogP contribution in [0.3, 0.4) is 0 Å². The van der Waals surface area contributed by atoms with Crippen molar-refractivity contribution >= 4 is 29.3 Å². The minimum atomic E-state index is -0.505. The summed E-state index contributed by atoms with van der Waals surface area (Å²) in [6.07, 6.45) is 7.13. The van der Waals surface area contributed by atoms with Crippen molar-refractivity contribution in [1.82, 2.24) is 10.2 Å². The van der Waals surface area contributed by atoms with Crippen LogP contribution in [0.4, 0.5) is 0 Å². The zero-order valence-electron chi connectivity index (χ0n) is 17.2. The first-order valence-corrected chi connectivity index (χ1v) is 11.3. The van der Waals surface area contributed by atoms with Crippen molar-refractivity contribution in [1.29, 1.82) is 0 Å². The fourth-order valence-electron chi connectivity index (χ4n) is 5.27. The Hall–Kier alpha value is -1.92. The molecule has 162 valence electrons. The topological polar surface area (TPSA) is 86.7 Å². The molecule has 1 spiro atoms. The summed E-state index contributed by atoms with van der Waals surface area (Å²) in [6, 6.07) is 5.12. The van der Waals surface area contributed by atoms with E-state index in [-0.39, 0.29) is 30.7 Å². The van der Waals surface area contributed by atoms with Gasteiger partial charge in [0.15, 0.2) is 0 Å². The lowest BCUT2D eigenvalue weighted by Crippen LogP contribution is -2.44. The SMILES string of the molecule is O=C1CCC(c2cc(C(=O)N3CCC4(CCC(CO)CC4)CC3)ccc2Cl)C(=O)N1. The van der Waals surface area contributed by atoms with Gasteiger partial charge in [0.2, 0.25) is 11.8 Å². The van der Waals surface area contributed by atoms with Crippen LogP contribution in [0.15, 0.2) is 18.2 Å². The first-order valence-electron chi connectivity index (χ1n) is 10.9. The molecule has 4 rings (SSSR count). The molecule has 1 saturated carbocycles. The molecule has 0 aromatic heterocycles. The Morgan fingerprint density at radius 1 is 1.13 bits per heavy atom. The van der Waals surface area contributed by atoms with E-state index in [1.165, 1.54) is 0 Å². The predicted octanol–water partition coefficient (Wildman–Crippen LogP) is 3.27. The molecule has 30 heavy (non-hydrogen) atoms. The summed E-state index contributed by atoms with van der Waals surface area (Å²) in [5, 5.41) is 12.2. The van der Waals surface area contributed by atoms with E-state index in [9.17, 15) is 19.5 Å². The molecule has 3 fully saturated rings. The quantitative estimate of drug-likeness (QED) is 0.717. The van der Waals surface area contributed by atoms with Gasteiger partial charge in [-0.2, -0.15) is 0 Å². The second kappa shape index (κ2) is 8.67. The highest BCUT2D eigenvalue weighted by Gasteiger charge is 2.39. The van der Waals surface area contributed by atoms with Crippen molar-refractivity contribution in [3.63, 3.8) is 0 Å². The smallest absolute Gasteiger partial charge is 0.253 e. The van der Waals surface area contributed by atoms with Gasteiger partial charge in [-0.15, -0.1) is 0 Å². The Kier molecular flexibility index (Phi) is 6.16. The van der Waals surface area contributed by atoms with Gasteiger partial charge in [0.25, 0.3) is 5.91 Å². The average Bonchev–Trinajstić information content (AvgIpc) is 2.75. The number of halogens is 1. The minimum absolute atomic E-state index is 0.0286. The zero-order valence-corrected chi connectivity index (χ0v) is 17.9. The Balaban J connectivity index is 1.43. The number of rotatable bonds is 3. The fourth-order valence-corrected chi connectivity index (χ4v) is 5.52. The summed E-state index contributed by atoms with van der Waals surface area (Å²) in [6.45, 7) is 1.75.